The van der Waals surface area contributed by atoms with E-state index >= 15 is 0 Å². The maximum Gasteiger partial charge on any atom is 0.313 e. The van der Waals surface area contributed by atoms with Crippen LogP contribution >= 0.6 is 10.8 Å². The third kappa shape index (κ3) is 9.01. The van der Waals surface area contributed by atoms with Crippen molar-refractivity contribution in [3.8, 4) is 11.8 Å². The van der Waals surface area contributed by atoms with Crippen molar-refractivity contribution in [3.63, 3.8) is 0 Å². The molecule has 60 heavy (non-hydrogen) atoms. The van der Waals surface area contributed by atoms with Gasteiger partial charge in [0.25, 0.3) is 0 Å². The number of hydrogen-bond acceptors (Lipinski definition) is 14. The van der Waals surface area contributed by atoms with Gasteiger partial charge < -0.3 is 23.7 Å². The Kier molecular flexibility index (Phi) is 11.9. The van der Waals surface area contributed by atoms with Crippen LogP contribution in [0.25, 0.3) is 11.0 Å². The molecule has 6 heterocycles. The van der Waals surface area contributed by atoms with E-state index in [4.69, 9.17) is 33.7 Å². The average molecular weight is 848 g/mol. The molecule has 2 N–H and O–H groups in total. The minimum Gasteiger partial charge on any atom is -0.476 e. The molecule has 1 aromatic carbocycles. The number of rotatable bonds is 12. The second-order valence-electron chi connectivity index (χ2n) is 18.5. The Balaban J connectivity index is 1.14. The Morgan fingerprint density at radius 2 is 1.70 bits per heavy atom. The van der Waals surface area contributed by atoms with Crippen LogP contribution in [-0.4, -0.2) is 120 Å². The van der Waals surface area contributed by atoms with E-state index in [2.05, 4.69) is 27.3 Å². The highest BCUT2D eigenvalue weighted by Crippen LogP contribution is 2.59. The summed E-state index contributed by atoms with van der Waals surface area (Å²) in [6.07, 6.45) is 3.48. The Labute approximate surface area is 354 Å². The maximum absolute atomic E-state index is 14.2. The van der Waals surface area contributed by atoms with Crippen LogP contribution in [0.15, 0.2) is 41.3 Å². The van der Waals surface area contributed by atoms with Crippen molar-refractivity contribution in [2.75, 3.05) is 59.2 Å². The predicted octanol–water partition coefficient (Wildman–Crippen LogP) is 6.93. The van der Waals surface area contributed by atoms with Gasteiger partial charge in [-0.3, -0.25) is 23.8 Å². The number of carbonyl (C=O) groups is 1. The van der Waals surface area contributed by atoms with Gasteiger partial charge in [-0.25, -0.2) is 4.68 Å². The van der Waals surface area contributed by atoms with Gasteiger partial charge in [-0.15, -0.1) is 15.9 Å². The Hall–Kier alpha value is -3.90. The molecule has 0 amide bonds. The number of fused-ring (bicyclic) bond motifs is 2. The van der Waals surface area contributed by atoms with Gasteiger partial charge in [0.15, 0.2) is 0 Å². The standard InChI is InChI=1S/C44H61N7O8S/c1-29-8-12-33(38(43(6,7)41(52)59-42(3,4)5)32-11-13-35-39(30(32)2)47-48-51(35)26-31-9-10-31)45-34(29)27-50-28-44(16-21-55-22-17-44)58-40-36(60(50,53)54)14-15-37(46-40)57-25-20-49-18-23-56-24-19-49/h8,11-15,31,38,53-54H,9-10,16-28H2,1-7H3. The van der Waals surface area contributed by atoms with Crippen LogP contribution in [-0.2, 0) is 32.1 Å². The SMILES string of the molecule is Cc1ccc(C(c2ccc3c(nnn3CC3CC3)c2C)C(C)(C)C(=O)OC(C)(C)C)nc1CN1CC2(CCOCC2)Oc2nc(OCCN3CCOCC3)ccc2S1(O)O. The molecule has 1 saturated carbocycles. The van der Waals surface area contributed by atoms with Gasteiger partial charge in [0.2, 0.25) is 11.8 Å². The van der Waals surface area contributed by atoms with Gasteiger partial charge in [0.1, 0.15) is 28.2 Å². The van der Waals surface area contributed by atoms with E-state index in [0.29, 0.717) is 69.1 Å². The molecular formula is C44H61N7O8S. The lowest BCUT2D eigenvalue weighted by Crippen LogP contribution is -2.50. The molecule has 1 unspecified atom stereocenters. The summed E-state index contributed by atoms with van der Waals surface area (Å²) in [6.45, 7) is 19.8. The van der Waals surface area contributed by atoms with Crippen molar-refractivity contribution >= 4 is 27.8 Å². The topological polar surface area (TPSA) is 167 Å². The van der Waals surface area contributed by atoms with E-state index < -0.39 is 33.3 Å². The first kappa shape index (κ1) is 42.8. The molecule has 4 aromatic rings. The first-order chi connectivity index (χ1) is 28.5. The first-order valence-corrected chi connectivity index (χ1v) is 22.8. The van der Waals surface area contributed by atoms with Gasteiger partial charge in [-0.2, -0.15) is 9.29 Å². The second-order valence-corrected chi connectivity index (χ2v) is 20.5. The number of esters is 1. The van der Waals surface area contributed by atoms with Crippen LogP contribution in [0.3, 0.4) is 0 Å². The van der Waals surface area contributed by atoms with Crippen molar-refractivity contribution in [3.05, 3.63) is 64.5 Å². The lowest BCUT2D eigenvalue weighted by molar-refractivity contribution is -0.166. The van der Waals surface area contributed by atoms with Gasteiger partial charge in [-0.1, -0.05) is 17.3 Å². The quantitative estimate of drug-likeness (QED) is 0.141. The normalized spacial score (nSPS) is 20.9. The zero-order chi connectivity index (χ0) is 42.5. The fourth-order valence-corrected chi connectivity index (χ4v) is 10.1. The third-order valence-corrected chi connectivity index (χ3v) is 14.2. The zero-order valence-corrected chi connectivity index (χ0v) is 36.9. The highest BCUT2D eigenvalue weighted by molar-refractivity contribution is 8.22. The van der Waals surface area contributed by atoms with Gasteiger partial charge in [0.05, 0.1) is 56.1 Å². The molecule has 326 valence electrons. The van der Waals surface area contributed by atoms with Crippen molar-refractivity contribution in [1.29, 1.82) is 0 Å². The minimum absolute atomic E-state index is 0.0955. The summed E-state index contributed by atoms with van der Waals surface area (Å²) in [5.74, 6) is 0.239. The van der Waals surface area contributed by atoms with Gasteiger partial charge >= 0.3 is 5.97 Å². The number of ether oxygens (including phenoxy) is 5. The van der Waals surface area contributed by atoms with Crippen LogP contribution in [0.5, 0.6) is 11.8 Å². The minimum atomic E-state index is -3.65. The van der Waals surface area contributed by atoms with Crippen molar-refractivity contribution in [1.82, 2.24) is 34.2 Å². The summed E-state index contributed by atoms with van der Waals surface area (Å²) < 4.78 is 58.4. The Bertz CT molecular complexity index is 2190. The average Bonchev–Trinajstić information content (AvgIpc) is 3.94. The third-order valence-electron chi connectivity index (χ3n) is 12.3. The number of benzene rings is 1. The molecular weight excluding hydrogens is 787 g/mol. The first-order valence-electron chi connectivity index (χ1n) is 21.3. The molecule has 1 atom stereocenters. The largest absolute Gasteiger partial charge is 0.476 e. The maximum atomic E-state index is 14.2. The number of nitrogens with zero attached hydrogens (tertiary/aromatic N) is 7. The molecule has 0 bridgehead atoms. The van der Waals surface area contributed by atoms with Crippen LogP contribution in [0.1, 0.15) is 94.3 Å². The number of aryl methyl sites for hydroxylation is 2. The summed E-state index contributed by atoms with van der Waals surface area (Å²) in [5, 5.41) is 9.16. The van der Waals surface area contributed by atoms with E-state index in [0.717, 1.165) is 53.9 Å². The molecule has 3 aliphatic heterocycles. The van der Waals surface area contributed by atoms with E-state index in [9.17, 15) is 13.9 Å². The molecule has 1 spiro atoms. The van der Waals surface area contributed by atoms with Crippen LogP contribution in [0, 0.1) is 25.2 Å². The fourth-order valence-electron chi connectivity index (χ4n) is 8.51. The lowest BCUT2D eigenvalue weighted by atomic mass is 9.71. The summed E-state index contributed by atoms with van der Waals surface area (Å²) in [5.41, 5.74) is 3.17. The van der Waals surface area contributed by atoms with Crippen molar-refractivity contribution in [2.45, 2.75) is 109 Å². The van der Waals surface area contributed by atoms with Crippen LogP contribution in [0.2, 0.25) is 0 Å². The fraction of sp³-hybridized carbons (Fsp3) is 0.614. The van der Waals surface area contributed by atoms with Crippen LogP contribution in [0.4, 0.5) is 0 Å². The molecule has 2 saturated heterocycles. The molecule has 4 aliphatic rings. The lowest BCUT2D eigenvalue weighted by Gasteiger charge is -2.44. The Morgan fingerprint density at radius 1 is 0.967 bits per heavy atom. The number of aromatic nitrogens is 5. The number of hydrogen-bond donors (Lipinski definition) is 2. The molecule has 16 heteroatoms. The van der Waals surface area contributed by atoms with E-state index in [1.54, 1.807) is 16.4 Å². The number of pyridine rings is 2. The Morgan fingerprint density at radius 3 is 2.42 bits per heavy atom. The van der Waals surface area contributed by atoms with Crippen molar-refractivity contribution < 1.29 is 37.6 Å². The molecule has 8 rings (SSSR count). The van der Waals surface area contributed by atoms with Crippen molar-refractivity contribution in [2.24, 2.45) is 11.3 Å². The van der Waals surface area contributed by atoms with Crippen LogP contribution < -0.4 is 9.47 Å². The predicted molar refractivity (Wildman–Crippen MR) is 227 cm³/mol. The molecule has 15 nitrogen and oxygen atoms in total. The number of morpholine rings is 1. The van der Waals surface area contributed by atoms with Gasteiger partial charge in [-0.05, 0) is 102 Å². The second kappa shape index (κ2) is 16.8. The summed E-state index contributed by atoms with van der Waals surface area (Å²) in [7, 11) is -3.65. The summed E-state index contributed by atoms with van der Waals surface area (Å²) in [6, 6.07) is 11.4. The van der Waals surface area contributed by atoms with E-state index in [1.807, 2.05) is 65.3 Å². The monoisotopic (exact) mass is 847 g/mol. The zero-order valence-electron chi connectivity index (χ0n) is 36.1. The molecule has 3 aromatic heterocycles. The molecule has 0 radical (unpaired) electrons. The highest BCUT2D eigenvalue weighted by atomic mass is 32.3. The summed E-state index contributed by atoms with van der Waals surface area (Å²) >= 11 is 0. The molecule has 1 aliphatic carbocycles. The molecule has 3 fully saturated rings. The summed E-state index contributed by atoms with van der Waals surface area (Å²) in [4.78, 5) is 26.7. The van der Waals surface area contributed by atoms with E-state index in [-0.39, 0.29) is 29.8 Å². The smallest absolute Gasteiger partial charge is 0.313 e. The van der Waals surface area contributed by atoms with Gasteiger partial charge in [0, 0.05) is 56.7 Å². The van der Waals surface area contributed by atoms with E-state index in [1.165, 1.54) is 12.8 Å². The highest BCUT2D eigenvalue weighted by Gasteiger charge is 2.47. The number of carbonyl (C=O) groups excluding carboxylic acids is 1.